The molecule has 7 heteroatoms. The van der Waals surface area contributed by atoms with Crippen LogP contribution in [-0.2, 0) is 4.79 Å². The van der Waals surface area contributed by atoms with Crippen LogP contribution >= 0.6 is 0 Å². The fraction of sp³-hybridized carbons (Fsp3) is 0.118. The molecule has 1 N–H and O–H groups in total. The Kier molecular flexibility index (Phi) is 5.47. The number of hydrogen-bond acceptors (Lipinski definition) is 3. The molecule has 0 aliphatic rings. The maximum Gasteiger partial charge on any atom is 0.248 e. The number of methoxy groups -OCH3 is 2. The molecule has 0 saturated carbocycles. The van der Waals surface area contributed by atoms with Gasteiger partial charge in [0, 0.05) is 6.08 Å². The van der Waals surface area contributed by atoms with Crippen molar-refractivity contribution in [2.75, 3.05) is 19.5 Å². The van der Waals surface area contributed by atoms with Gasteiger partial charge in [-0.1, -0.05) is 6.07 Å². The number of halogens is 3. The molecular formula is C17H14F3NO3. The van der Waals surface area contributed by atoms with Crippen molar-refractivity contribution in [2.45, 2.75) is 0 Å². The van der Waals surface area contributed by atoms with E-state index >= 15 is 0 Å². The van der Waals surface area contributed by atoms with E-state index in [-0.39, 0.29) is 0 Å². The monoisotopic (exact) mass is 337 g/mol. The van der Waals surface area contributed by atoms with Crippen molar-refractivity contribution in [2.24, 2.45) is 0 Å². The molecule has 2 rings (SSSR count). The number of ether oxygens (including phenoxy) is 2. The van der Waals surface area contributed by atoms with Crippen LogP contribution in [0.4, 0.5) is 18.9 Å². The highest BCUT2D eigenvalue weighted by atomic mass is 19.2. The Balaban J connectivity index is 2.12. The van der Waals surface area contributed by atoms with Crippen LogP contribution < -0.4 is 14.8 Å². The first-order valence-corrected chi connectivity index (χ1v) is 6.81. The second-order valence-corrected chi connectivity index (χ2v) is 4.66. The highest BCUT2D eigenvalue weighted by Gasteiger charge is 2.14. The lowest BCUT2D eigenvalue weighted by molar-refractivity contribution is -0.111. The van der Waals surface area contributed by atoms with Crippen molar-refractivity contribution in [1.29, 1.82) is 0 Å². The van der Waals surface area contributed by atoms with Gasteiger partial charge in [-0.2, -0.15) is 0 Å². The Morgan fingerprint density at radius 1 is 1.00 bits per heavy atom. The molecule has 0 aliphatic carbocycles. The Morgan fingerprint density at radius 2 is 1.71 bits per heavy atom. The molecule has 0 aliphatic heterocycles. The number of nitrogens with one attached hydrogen (secondary N) is 1. The summed E-state index contributed by atoms with van der Waals surface area (Å²) in [5.74, 6) is -4.12. The molecule has 0 saturated heterocycles. The molecular weight excluding hydrogens is 323 g/mol. The van der Waals surface area contributed by atoms with E-state index in [1.807, 2.05) is 0 Å². The number of carbonyl (C=O) groups is 1. The molecule has 0 spiro atoms. The molecule has 0 radical (unpaired) electrons. The Labute approximate surface area is 136 Å². The number of benzene rings is 2. The van der Waals surface area contributed by atoms with Crippen molar-refractivity contribution in [3.05, 3.63) is 59.4 Å². The highest BCUT2D eigenvalue weighted by molar-refractivity contribution is 6.02. The second kappa shape index (κ2) is 7.54. The van der Waals surface area contributed by atoms with Crippen LogP contribution in [0.5, 0.6) is 11.5 Å². The minimum atomic E-state index is -1.64. The van der Waals surface area contributed by atoms with Crippen LogP contribution in [0, 0.1) is 17.5 Å². The zero-order valence-corrected chi connectivity index (χ0v) is 12.9. The average Bonchev–Trinajstić information content (AvgIpc) is 2.60. The molecule has 0 aromatic heterocycles. The van der Waals surface area contributed by atoms with E-state index < -0.39 is 29.0 Å². The number of anilines is 1. The molecule has 24 heavy (non-hydrogen) atoms. The minimum absolute atomic E-state index is 0.448. The molecule has 126 valence electrons. The van der Waals surface area contributed by atoms with Gasteiger partial charge >= 0.3 is 0 Å². The molecule has 2 aromatic rings. The first kappa shape index (κ1) is 17.4. The summed E-state index contributed by atoms with van der Waals surface area (Å²) >= 11 is 0. The summed E-state index contributed by atoms with van der Waals surface area (Å²) < 4.78 is 49.6. The highest BCUT2D eigenvalue weighted by Crippen LogP contribution is 2.28. The van der Waals surface area contributed by atoms with Gasteiger partial charge in [0.15, 0.2) is 29.0 Å². The average molecular weight is 337 g/mol. The van der Waals surface area contributed by atoms with Gasteiger partial charge in [-0.3, -0.25) is 4.79 Å². The number of carbonyl (C=O) groups excluding carboxylic acids is 1. The lowest BCUT2D eigenvalue weighted by Gasteiger charge is -2.07. The Morgan fingerprint density at radius 3 is 2.38 bits per heavy atom. The summed E-state index contributed by atoms with van der Waals surface area (Å²) in [5, 5.41) is 2.14. The maximum atomic E-state index is 13.5. The van der Waals surface area contributed by atoms with Gasteiger partial charge in [0.2, 0.25) is 5.91 Å². The van der Waals surface area contributed by atoms with Gasteiger partial charge in [0.1, 0.15) is 0 Å². The van der Waals surface area contributed by atoms with E-state index in [4.69, 9.17) is 9.47 Å². The van der Waals surface area contributed by atoms with E-state index in [0.717, 1.165) is 18.2 Å². The summed E-state index contributed by atoms with van der Waals surface area (Å²) in [6.45, 7) is 0. The first-order valence-electron chi connectivity index (χ1n) is 6.81. The molecule has 0 atom stereocenters. The zero-order chi connectivity index (χ0) is 17.7. The molecule has 0 heterocycles. The fourth-order valence-corrected chi connectivity index (χ4v) is 1.93. The standard InChI is InChI=1S/C17H14F3NO3/c1-23-13-7-3-10(9-14(13)24-2)4-8-15(22)21-12-6-5-11(18)16(19)17(12)20/h3-9H,1-2H3,(H,21,22)/b8-4+. The van der Waals surface area contributed by atoms with E-state index in [9.17, 15) is 18.0 Å². The van der Waals surface area contributed by atoms with Gasteiger partial charge in [-0.25, -0.2) is 13.2 Å². The first-order chi connectivity index (χ1) is 11.5. The quantitative estimate of drug-likeness (QED) is 0.667. The smallest absolute Gasteiger partial charge is 0.248 e. The summed E-state index contributed by atoms with van der Waals surface area (Å²) in [7, 11) is 2.97. The fourth-order valence-electron chi connectivity index (χ4n) is 1.93. The predicted molar refractivity (Wildman–Crippen MR) is 83.5 cm³/mol. The second-order valence-electron chi connectivity index (χ2n) is 4.66. The molecule has 1 amide bonds. The van der Waals surface area contributed by atoms with Gasteiger partial charge < -0.3 is 14.8 Å². The van der Waals surface area contributed by atoms with Crippen molar-refractivity contribution in [3.63, 3.8) is 0 Å². The van der Waals surface area contributed by atoms with Crippen molar-refractivity contribution < 1.29 is 27.4 Å². The summed E-state index contributed by atoms with van der Waals surface area (Å²) in [6, 6.07) is 6.65. The maximum absolute atomic E-state index is 13.5. The van der Waals surface area contributed by atoms with Crippen LogP contribution in [-0.4, -0.2) is 20.1 Å². The van der Waals surface area contributed by atoms with Crippen molar-refractivity contribution in [1.82, 2.24) is 0 Å². The van der Waals surface area contributed by atoms with Gasteiger partial charge in [0.25, 0.3) is 0 Å². The molecule has 0 fully saturated rings. The molecule has 2 aromatic carbocycles. The lowest BCUT2D eigenvalue weighted by Crippen LogP contribution is -2.10. The van der Waals surface area contributed by atoms with Crippen LogP contribution in [0.25, 0.3) is 6.08 Å². The molecule has 4 nitrogen and oxygen atoms in total. The van der Waals surface area contributed by atoms with E-state index in [2.05, 4.69) is 5.32 Å². The van der Waals surface area contributed by atoms with Crippen molar-refractivity contribution >= 4 is 17.7 Å². The van der Waals surface area contributed by atoms with Gasteiger partial charge in [-0.05, 0) is 35.9 Å². The van der Waals surface area contributed by atoms with Crippen LogP contribution in [0.2, 0.25) is 0 Å². The topological polar surface area (TPSA) is 47.6 Å². The van der Waals surface area contributed by atoms with E-state index in [0.29, 0.717) is 17.1 Å². The number of amides is 1. The molecule has 0 unspecified atom stereocenters. The summed E-state index contributed by atoms with van der Waals surface area (Å²) in [5.41, 5.74) is 0.185. The Bertz CT molecular complexity index is 791. The largest absolute Gasteiger partial charge is 0.493 e. The predicted octanol–water partition coefficient (Wildman–Crippen LogP) is 3.77. The van der Waals surface area contributed by atoms with Gasteiger partial charge in [-0.15, -0.1) is 0 Å². The number of rotatable bonds is 5. The van der Waals surface area contributed by atoms with Crippen LogP contribution in [0.3, 0.4) is 0 Å². The lowest BCUT2D eigenvalue weighted by atomic mass is 10.2. The SMILES string of the molecule is COc1ccc(/C=C/C(=O)Nc2ccc(F)c(F)c2F)cc1OC. The van der Waals surface area contributed by atoms with Crippen molar-refractivity contribution in [3.8, 4) is 11.5 Å². The zero-order valence-electron chi connectivity index (χ0n) is 12.9. The summed E-state index contributed by atoms with van der Waals surface area (Å²) in [4.78, 5) is 11.8. The van der Waals surface area contributed by atoms with E-state index in [1.54, 1.807) is 18.2 Å². The third-order valence-electron chi connectivity index (χ3n) is 3.13. The third-order valence-corrected chi connectivity index (χ3v) is 3.13. The van der Waals surface area contributed by atoms with Gasteiger partial charge in [0.05, 0.1) is 19.9 Å². The Hall–Kier alpha value is -2.96. The number of hydrogen-bond donors (Lipinski definition) is 1. The van der Waals surface area contributed by atoms with Crippen LogP contribution in [0.15, 0.2) is 36.4 Å². The minimum Gasteiger partial charge on any atom is -0.493 e. The molecule has 0 bridgehead atoms. The summed E-state index contributed by atoms with van der Waals surface area (Å²) in [6.07, 6.45) is 2.58. The van der Waals surface area contributed by atoms with Crippen LogP contribution in [0.1, 0.15) is 5.56 Å². The normalized spacial score (nSPS) is 10.7. The van der Waals surface area contributed by atoms with E-state index in [1.165, 1.54) is 20.3 Å². The third kappa shape index (κ3) is 3.87.